The molecule has 1 saturated heterocycles. The Kier molecular flexibility index (Phi) is 6.81. The van der Waals surface area contributed by atoms with Gasteiger partial charge in [-0.2, -0.15) is 4.31 Å². The van der Waals surface area contributed by atoms with Gasteiger partial charge in [-0.05, 0) is 61.1 Å². The van der Waals surface area contributed by atoms with Gasteiger partial charge in [-0.1, -0.05) is 48.0 Å². The first kappa shape index (κ1) is 22.0. The Bertz CT molecular complexity index is 988. The number of carbonyl (C=O) groups is 1. The number of sulfonamides is 1. The number of anilines is 1. The van der Waals surface area contributed by atoms with Crippen molar-refractivity contribution in [3.63, 3.8) is 0 Å². The smallest absolute Gasteiger partial charge is 0.243 e. The molecule has 1 heterocycles. The second kappa shape index (κ2) is 8.98. The lowest BCUT2D eigenvalue weighted by Crippen LogP contribution is -2.43. The van der Waals surface area contributed by atoms with Crippen LogP contribution in [0.25, 0.3) is 0 Å². The molecule has 1 fully saturated rings. The Morgan fingerprint density at radius 2 is 1.86 bits per heavy atom. The van der Waals surface area contributed by atoms with Crippen LogP contribution >= 0.6 is 15.9 Å². The lowest BCUT2D eigenvalue weighted by molar-refractivity contribution is -0.120. The summed E-state index contributed by atoms with van der Waals surface area (Å²) in [5, 5.41) is 3.08. The molecule has 7 heteroatoms. The monoisotopic (exact) mass is 478 g/mol. The van der Waals surface area contributed by atoms with E-state index < -0.39 is 10.0 Å². The number of hydrogen-bond acceptors (Lipinski definition) is 3. The number of halogens is 1. The first-order chi connectivity index (χ1) is 13.7. The number of aryl methyl sites for hydroxylation is 1. The summed E-state index contributed by atoms with van der Waals surface area (Å²) < 4.78 is 28.3. The number of amides is 1. The van der Waals surface area contributed by atoms with Gasteiger partial charge in [0.25, 0.3) is 0 Å². The maximum absolute atomic E-state index is 13.0. The average Bonchev–Trinajstić information content (AvgIpc) is 2.69. The third-order valence-electron chi connectivity index (χ3n) is 5.38. The summed E-state index contributed by atoms with van der Waals surface area (Å²) >= 11 is 3.33. The lowest BCUT2D eigenvalue weighted by atomic mass is 9.95. The van der Waals surface area contributed by atoms with Gasteiger partial charge in [0.15, 0.2) is 0 Å². The minimum Gasteiger partial charge on any atom is -0.325 e. The van der Waals surface area contributed by atoms with Crippen molar-refractivity contribution in [2.75, 3.05) is 18.4 Å². The van der Waals surface area contributed by atoms with E-state index in [2.05, 4.69) is 35.1 Å². The van der Waals surface area contributed by atoms with Crippen molar-refractivity contribution in [3.8, 4) is 0 Å². The summed E-state index contributed by atoms with van der Waals surface area (Å²) in [6, 6.07) is 12.6. The molecular formula is C22H27BrN2O3S. The van der Waals surface area contributed by atoms with Gasteiger partial charge in [0.05, 0.1) is 10.8 Å². The average molecular weight is 479 g/mol. The van der Waals surface area contributed by atoms with Crippen molar-refractivity contribution < 1.29 is 13.2 Å². The number of piperidine rings is 1. The van der Waals surface area contributed by atoms with E-state index in [1.165, 1.54) is 4.31 Å². The maximum atomic E-state index is 13.0. The van der Waals surface area contributed by atoms with Crippen LogP contribution in [-0.2, 0) is 14.8 Å². The molecule has 0 aromatic heterocycles. The van der Waals surface area contributed by atoms with Crippen molar-refractivity contribution in [2.24, 2.45) is 5.92 Å². The molecule has 1 atom stereocenters. The number of nitrogens with zero attached hydrogens (tertiary/aromatic N) is 1. The molecular weight excluding hydrogens is 452 g/mol. The fourth-order valence-corrected chi connectivity index (χ4v) is 5.49. The SMILES string of the molecule is Cc1cccc(C(C)C)c1NC(=O)[C@@H]1CCCN(S(=O)(=O)c2ccc(Br)cc2)C1. The van der Waals surface area contributed by atoms with Crippen LogP contribution in [-0.4, -0.2) is 31.7 Å². The zero-order chi connectivity index (χ0) is 21.2. The summed E-state index contributed by atoms with van der Waals surface area (Å²) in [6.45, 7) is 6.80. The Morgan fingerprint density at radius 3 is 2.52 bits per heavy atom. The number of carbonyl (C=O) groups excluding carboxylic acids is 1. The van der Waals surface area contributed by atoms with E-state index in [4.69, 9.17) is 0 Å². The van der Waals surface area contributed by atoms with Gasteiger partial charge in [-0.15, -0.1) is 0 Å². The summed E-state index contributed by atoms with van der Waals surface area (Å²) in [7, 11) is -3.62. The minimum atomic E-state index is -3.62. The molecule has 29 heavy (non-hydrogen) atoms. The van der Waals surface area contributed by atoms with Crippen molar-refractivity contribution in [1.29, 1.82) is 0 Å². The molecule has 2 aromatic rings. The Hall–Kier alpha value is -1.70. The number of rotatable bonds is 5. The second-order valence-electron chi connectivity index (χ2n) is 7.84. The van der Waals surface area contributed by atoms with Gasteiger partial charge in [0, 0.05) is 23.2 Å². The number of para-hydroxylation sites is 1. The molecule has 1 N–H and O–H groups in total. The number of benzene rings is 2. The fourth-order valence-electron chi connectivity index (χ4n) is 3.70. The highest BCUT2D eigenvalue weighted by molar-refractivity contribution is 9.10. The number of hydrogen-bond donors (Lipinski definition) is 1. The predicted molar refractivity (Wildman–Crippen MR) is 120 cm³/mol. The predicted octanol–water partition coefficient (Wildman–Crippen LogP) is 4.92. The molecule has 0 aliphatic carbocycles. The van der Waals surface area contributed by atoms with Gasteiger partial charge in [0.1, 0.15) is 0 Å². The zero-order valence-electron chi connectivity index (χ0n) is 17.0. The molecule has 1 aliphatic rings. The maximum Gasteiger partial charge on any atom is 0.243 e. The summed E-state index contributed by atoms with van der Waals surface area (Å²) in [6.07, 6.45) is 1.35. The van der Waals surface area contributed by atoms with Gasteiger partial charge < -0.3 is 5.32 Å². The molecule has 2 aromatic carbocycles. The summed E-state index contributed by atoms with van der Waals surface area (Å²) in [5.74, 6) is -0.198. The zero-order valence-corrected chi connectivity index (χ0v) is 19.4. The molecule has 156 valence electrons. The highest BCUT2D eigenvalue weighted by Gasteiger charge is 2.33. The molecule has 0 spiro atoms. The lowest BCUT2D eigenvalue weighted by Gasteiger charge is -2.31. The molecule has 0 bridgehead atoms. The van der Waals surface area contributed by atoms with Crippen LogP contribution in [0.5, 0.6) is 0 Å². The summed E-state index contributed by atoms with van der Waals surface area (Å²) in [4.78, 5) is 13.3. The highest BCUT2D eigenvalue weighted by Crippen LogP contribution is 2.30. The first-order valence-corrected chi connectivity index (χ1v) is 12.1. The van der Waals surface area contributed by atoms with E-state index in [-0.39, 0.29) is 29.2 Å². The van der Waals surface area contributed by atoms with Gasteiger partial charge >= 0.3 is 0 Å². The van der Waals surface area contributed by atoms with Crippen molar-refractivity contribution in [1.82, 2.24) is 4.31 Å². The van der Waals surface area contributed by atoms with Gasteiger partial charge in [0.2, 0.25) is 15.9 Å². The standard InChI is InChI=1S/C22H27BrN2O3S/c1-15(2)20-8-4-6-16(3)21(20)24-22(26)17-7-5-13-25(14-17)29(27,28)19-11-9-18(23)10-12-19/h4,6,8-12,15,17H,5,7,13-14H2,1-3H3,(H,24,26)/t17-/m1/s1. The highest BCUT2D eigenvalue weighted by atomic mass is 79.9. The Balaban J connectivity index is 1.78. The largest absolute Gasteiger partial charge is 0.325 e. The van der Waals surface area contributed by atoms with Crippen molar-refractivity contribution in [2.45, 2.75) is 44.4 Å². The summed E-state index contributed by atoms with van der Waals surface area (Å²) in [5.41, 5.74) is 2.95. The topological polar surface area (TPSA) is 66.5 Å². The van der Waals surface area contributed by atoms with Gasteiger partial charge in [-0.3, -0.25) is 4.79 Å². The Labute approximate surface area is 181 Å². The quantitative estimate of drug-likeness (QED) is 0.662. The fraction of sp³-hybridized carbons (Fsp3) is 0.409. The normalized spacial score (nSPS) is 18.0. The van der Waals surface area contributed by atoms with Crippen molar-refractivity contribution in [3.05, 3.63) is 58.1 Å². The van der Waals surface area contributed by atoms with E-state index in [9.17, 15) is 13.2 Å². The third-order valence-corrected chi connectivity index (χ3v) is 7.79. The van der Waals surface area contributed by atoms with E-state index in [0.29, 0.717) is 19.4 Å². The van der Waals surface area contributed by atoms with E-state index in [1.807, 2.05) is 25.1 Å². The van der Waals surface area contributed by atoms with Crippen LogP contribution < -0.4 is 5.32 Å². The van der Waals surface area contributed by atoms with Crippen LogP contribution in [0.2, 0.25) is 0 Å². The van der Waals surface area contributed by atoms with E-state index in [0.717, 1.165) is 21.3 Å². The minimum absolute atomic E-state index is 0.114. The van der Waals surface area contributed by atoms with Crippen LogP contribution in [0.1, 0.15) is 43.7 Å². The van der Waals surface area contributed by atoms with Crippen LogP contribution in [0, 0.1) is 12.8 Å². The van der Waals surface area contributed by atoms with Crippen LogP contribution in [0.4, 0.5) is 5.69 Å². The number of nitrogens with one attached hydrogen (secondary N) is 1. The molecule has 1 amide bonds. The molecule has 3 rings (SSSR count). The van der Waals surface area contributed by atoms with E-state index >= 15 is 0 Å². The first-order valence-electron chi connectivity index (χ1n) is 9.86. The second-order valence-corrected chi connectivity index (χ2v) is 10.7. The van der Waals surface area contributed by atoms with Crippen LogP contribution in [0.3, 0.4) is 0 Å². The molecule has 0 unspecified atom stereocenters. The molecule has 0 saturated carbocycles. The van der Waals surface area contributed by atoms with Crippen molar-refractivity contribution >= 4 is 37.5 Å². The molecule has 0 radical (unpaired) electrons. The van der Waals surface area contributed by atoms with Crippen LogP contribution in [0.15, 0.2) is 51.8 Å². The molecule has 1 aliphatic heterocycles. The third kappa shape index (κ3) is 4.90. The van der Waals surface area contributed by atoms with Gasteiger partial charge in [-0.25, -0.2) is 8.42 Å². The Morgan fingerprint density at radius 1 is 1.17 bits per heavy atom. The molecule has 5 nitrogen and oxygen atoms in total. The van der Waals surface area contributed by atoms with E-state index in [1.54, 1.807) is 24.3 Å².